The lowest BCUT2D eigenvalue weighted by Crippen LogP contribution is -2.43. The molecule has 0 radical (unpaired) electrons. The third-order valence-corrected chi connectivity index (χ3v) is 11.2. The third kappa shape index (κ3) is 5.41. The summed E-state index contributed by atoms with van der Waals surface area (Å²) in [6, 6.07) is 9.04. The van der Waals surface area contributed by atoms with Gasteiger partial charge in [0.25, 0.3) is 5.91 Å². The topological polar surface area (TPSA) is 99.9 Å². The number of sulfonamides is 1. The van der Waals surface area contributed by atoms with Crippen LogP contribution in [0.4, 0.5) is 11.4 Å². The van der Waals surface area contributed by atoms with Gasteiger partial charge in [0.15, 0.2) is 0 Å². The molecule has 1 aromatic heterocycles. The number of rotatable bonds is 11. The van der Waals surface area contributed by atoms with Gasteiger partial charge in [0, 0.05) is 31.7 Å². The summed E-state index contributed by atoms with van der Waals surface area (Å²) < 4.78 is 35.5. The first-order valence-corrected chi connectivity index (χ1v) is 16.5. The zero-order valence-electron chi connectivity index (χ0n) is 24.1. The predicted octanol–water partition coefficient (Wildman–Crippen LogP) is 5.85. The molecule has 2 aliphatic carbocycles. The molecule has 2 bridgehead atoms. The average Bonchev–Trinajstić information content (AvgIpc) is 3.57. The van der Waals surface area contributed by atoms with Crippen LogP contribution in [-0.4, -0.2) is 50.4 Å². The zero-order valence-corrected chi connectivity index (χ0v) is 24.9. The smallest absolute Gasteiger partial charge is 0.256 e. The van der Waals surface area contributed by atoms with Crippen LogP contribution in [0.1, 0.15) is 88.3 Å². The number of ketones is 1. The maximum atomic E-state index is 13.9. The molecule has 2 atom stereocenters. The SMILES string of the molecule is CCCCN(Cc1ccco1)c1ccc(NS(=O)(=O)CC23CCC(CC2=O)C3(C)C)cc1C(=O)N1CCCCC1. The highest BCUT2D eigenvalue weighted by Crippen LogP contribution is 2.64. The third-order valence-electron chi connectivity index (χ3n) is 9.77. The quantitative estimate of drug-likeness (QED) is 0.364. The van der Waals surface area contributed by atoms with Gasteiger partial charge in [0.1, 0.15) is 11.5 Å². The number of carbonyl (C=O) groups excluding carboxylic acids is 2. The molecular weight excluding hydrogens is 526 g/mol. The van der Waals surface area contributed by atoms with Crippen LogP contribution in [0.3, 0.4) is 0 Å². The van der Waals surface area contributed by atoms with Crippen molar-refractivity contribution >= 4 is 33.1 Å². The maximum absolute atomic E-state index is 13.9. The Morgan fingerprint density at radius 2 is 1.95 bits per heavy atom. The number of anilines is 2. The minimum atomic E-state index is -3.85. The van der Waals surface area contributed by atoms with Gasteiger partial charge in [-0.2, -0.15) is 0 Å². The Balaban J connectivity index is 1.46. The summed E-state index contributed by atoms with van der Waals surface area (Å²) in [5, 5.41) is 0. The first kappa shape index (κ1) is 28.7. The van der Waals surface area contributed by atoms with E-state index in [2.05, 4.69) is 16.5 Å². The highest BCUT2D eigenvalue weighted by atomic mass is 32.2. The number of benzene rings is 1. The molecule has 0 spiro atoms. The lowest BCUT2D eigenvalue weighted by Gasteiger charge is -2.36. The highest BCUT2D eigenvalue weighted by Gasteiger charge is 2.65. The highest BCUT2D eigenvalue weighted by molar-refractivity contribution is 7.92. The summed E-state index contributed by atoms with van der Waals surface area (Å²) in [4.78, 5) is 30.9. The van der Waals surface area contributed by atoms with Crippen LogP contribution in [0.2, 0.25) is 0 Å². The van der Waals surface area contributed by atoms with Gasteiger partial charge in [0.05, 0.1) is 35.2 Å². The summed E-state index contributed by atoms with van der Waals surface area (Å²) in [7, 11) is -3.85. The Kier molecular flexibility index (Phi) is 8.06. The van der Waals surface area contributed by atoms with E-state index in [9.17, 15) is 18.0 Å². The standard InChI is InChI=1S/C31H43N3O5S/c1-4-5-15-34(21-25-10-9-18-39-25)27-12-11-24(20-26(27)29(36)33-16-7-6-8-17-33)32-40(37,38)22-31-14-13-23(19-28(31)35)30(31,2)3/h9-12,18,20,23,32H,4-8,13-17,19,21-22H2,1-3H3. The molecule has 1 N–H and O–H groups in total. The van der Waals surface area contributed by atoms with E-state index in [4.69, 9.17) is 4.42 Å². The minimum absolute atomic E-state index is 0.0694. The number of piperidine rings is 1. The fourth-order valence-corrected chi connectivity index (χ4v) is 9.07. The maximum Gasteiger partial charge on any atom is 0.256 e. The molecule has 2 unspecified atom stereocenters. The van der Waals surface area contributed by atoms with Gasteiger partial charge in [-0.1, -0.05) is 27.2 Å². The van der Waals surface area contributed by atoms with Crippen LogP contribution in [-0.2, 0) is 21.4 Å². The summed E-state index contributed by atoms with van der Waals surface area (Å²) in [5.74, 6) is 0.809. The molecule has 2 saturated carbocycles. The van der Waals surface area contributed by atoms with Crippen LogP contribution in [0.5, 0.6) is 0 Å². The molecule has 5 rings (SSSR count). The van der Waals surface area contributed by atoms with Crippen molar-refractivity contribution in [3.63, 3.8) is 0 Å². The van der Waals surface area contributed by atoms with Crippen molar-refractivity contribution in [2.45, 2.75) is 78.7 Å². The van der Waals surface area contributed by atoms with Crippen LogP contribution in [0, 0.1) is 16.7 Å². The number of amides is 1. The number of unbranched alkanes of at least 4 members (excludes halogenated alkanes) is 1. The molecule has 8 nitrogen and oxygen atoms in total. The average molecular weight is 570 g/mol. The van der Waals surface area contributed by atoms with Crippen molar-refractivity contribution in [3.8, 4) is 0 Å². The van der Waals surface area contributed by atoms with E-state index in [0.717, 1.165) is 56.5 Å². The van der Waals surface area contributed by atoms with E-state index in [0.29, 0.717) is 43.7 Å². The van der Waals surface area contributed by atoms with E-state index >= 15 is 0 Å². The Morgan fingerprint density at radius 3 is 2.58 bits per heavy atom. The summed E-state index contributed by atoms with van der Waals surface area (Å²) >= 11 is 0. The molecule has 9 heteroatoms. The van der Waals surface area contributed by atoms with E-state index in [1.165, 1.54) is 0 Å². The summed E-state index contributed by atoms with van der Waals surface area (Å²) in [5.41, 5.74) is 0.417. The molecular formula is C31H43N3O5S. The van der Waals surface area contributed by atoms with Crippen LogP contribution < -0.4 is 9.62 Å². The second kappa shape index (κ2) is 11.2. The van der Waals surface area contributed by atoms with Crippen LogP contribution in [0.25, 0.3) is 0 Å². The van der Waals surface area contributed by atoms with E-state index in [-0.39, 0.29) is 28.8 Å². The van der Waals surface area contributed by atoms with Gasteiger partial charge in [-0.3, -0.25) is 14.3 Å². The molecule has 3 aliphatic rings. The van der Waals surface area contributed by atoms with Gasteiger partial charge < -0.3 is 14.2 Å². The number of nitrogens with one attached hydrogen (secondary N) is 1. The number of fused-ring (bicyclic) bond motifs is 2. The van der Waals surface area contributed by atoms with Gasteiger partial charge in [-0.05, 0) is 80.2 Å². The second-order valence-electron chi connectivity index (χ2n) is 12.5. The number of hydrogen-bond acceptors (Lipinski definition) is 6. The predicted molar refractivity (Wildman–Crippen MR) is 157 cm³/mol. The molecule has 1 amide bonds. The van der Waals surface area contributed by atoms with E-state index in [1.54, 1.807) is 18.4 Å². The number of nitrogens with zero attached hydrogens (tertiary/aromatic N) is 2. The van der Waals surface area contributed by atoms with Crippen molar-refractivity contribution < 1.29 is 22.4 Å². The van der Waals surface area contributed by atoms with Gasteiger partial charge in [-0.15, -0.1) is 0 Å². The van der Waals surface area contributed by atoms with Crippen LogP contribution >= 0.6 is 0 Å². The number of hydrogen-bond donors (Lipinski definition) is 1. The van der Waals surface area contributed by atoms with Crippen molar-refractivity contribution in [2.75, 3.05) is 35.0 Å². The fraction of sp³-hybridized carbons (Fsp3) is 0.613. The minimum Gasteiger partial charge on any atom is -0.467 e. The Labute approximate surface area is 238 Å². The van der Waals surface area contributed by atoms with Crippen LogP contribution in [0.15, 0.2) is 41.0 Å². The fourth-order valence-electron chi connectivity index (χ4n) is 7.19. The van der Waals surface area contributed by atoms with Crippen molar-refractivity contribution in [1.82, 2.24) is 4.90 Å². The first-order chi connectivity index (χ1) is 19.1. The molecule has 40 heavy (non-hydrogen) atoms. The normalized spacial score (nSPS) is 23.9. The summed E-state index contributed by atoms with van der Waals surface area (Å²) in [6.45, 7) is 8.86. The van der Waals surface area contributed by atoms with Crippen molar-refractivity contribution in [2.24, 2.45) is 16.7 Å². The van der Waals surface area contributed by atoms with Gasteiger partial charge >= 0.3 is 0 Å². The first-order valence-electron chi connectivity index (χ1n) is 14.8. The molecule has 3 fully saturated rings. The van der Waals surface area contributed by atoms with Crippen molar-refractivity contribution in [1.29, 1.82) is 0 Å². The van der Waals surface area contributed by atoms with Gasteiger partial charge in [0.2, 0.25) is 10.0 Å². The number of Topliss-reactive ketones (excluding diaryl/α,β-unsaturated/α-hetero) is 1. The number of carbonyl (C=O) groups is 2. The second-order valence-corrected chi connectivity index (χ2v) is 14.2. The lowest BCUT2D eigenvalue weighted by molar-refractivity contribution is -0.128. The zero-order chi connectivity index (χ0) is 28.5. The molecule has 218 valence electrons. The Bertz CT molecular complexity index is 1330. The van der Waals surface area contributed by atoms with E-state index < -0.39 is 15.4 Å². The van der Waals surface area contributed by atoms with Gasteiger partial charge in [-0.25, -0.2) is 8.42 Å². The number of likely N-dealkylation sites (tertiary alicyclic amines) is 1. The Hall–Kier alpha value is -2.81. The van der Waals surface area contributed by atoms with E-state index in [1.807, 2.05) is 36.9 Å². The molecule has 1 aromatic carbocycles. The van der Waals surface area contributed by atoms with Crippen molar-refractivity contribution in [3.05, 3.63) is 47.9 Å². The Morgan fingerprint density at radius 1 is 1.18 bits per heavy atom. The molecule has 2 aromatic rings. The molecule has 1 saturated heterocycles. The monoisotopic (exact) mass is 569 g/mol. The molecule has 2 heterocycles. The summed E-state index contributed by atoms with van der Waals surface area (Å²) in [6.07, 6.45) is 8.59. The molecule has 1 aliphatic heterocycles. The number of furan rings is 1. The lowest BCUT2D eigenvalue weighted by atomic mass is 9.70. The largest absolute Gasteiger partial charge is 0.467 e.